The van der Waals surface area contributed by atoms with Crippen LogP contribution in [0, 0.1) is 11.3 Å². The van der Waals surface area contributed by atoms with E-state index in [2.05, 4.69) is 16.0 Å². The number of pyridine rings is 1. The van der Waals surface area contributed by atoms with Crippen LogP contribution in [0.3, 0.4) is 0 Å². The number of aliphatic imine (C=N–C) groups is 1. The van der Waals surface area contributed by atoms with Gasteiger partial charge in [-0.15, -0.1) is 0 Å². The number of fused-ring (bicyclic) bond motifs is 1. The van der Waals surface area contributed by atoms with Crippen molar-refractivity contribution in [3.05, 3.63) is 83.2 Å². The standard InChI is InChI=1S/C27H26N6O2/c1-2-9-33(35-17-18-3-7-24(29)8-4-18)27(34)22-11-21-6-5-20(12-25(21)32-26(30)13-22)23-10-19(14-28)15-31-16-23/h3-8,10-12,15-16H,2,9,13,17,29H2,1H3,(H2,30,32). The fourth-order valence-electron chi connectivity index (χ4n) is 3.72. The minimum atomic E-state index is -0.247. The van der Waals surface area contributed by atoms with E-state index in [1.165, 1.54) is 11.3 Å². The largest absolute Gasteiger partial charge is 0.399 e. The molecular weight excluding hydrogens is 440 g/mol. The maximum absolute atomic E-state index is 13.4. The van der Waals surface area contributed by atoms with Crippen molar-refractivity contribution in [1.29, 1.82) is 5.26 Å². The van der Waals surface area contributed by atoms with Gasteiger partial charge in [-0.25, -0.2) is 10.1 Å². The van der Waals surface area contributed by atoms with Crippen LogP contribution < -0.4 is 11.5 Å². The summed E-state index contributed by atoms with van der Waals surface area (Å²) in [5.74, 6) is 0.0858. The third-order valence-electron chi connectivity index (χ3n) is 5.49. The number of nitrogen functional groups attached to an aromatic ring is 1. The number of amidine groups is 1. The number of nitrogens with zero attached hydrogens (tertiary/aromatic N) is 4. The van der Waals surface area contributed by atoms with E-state index in [1.54, 1.807) is 24.4 Å². The number of carbonyl (C=O) groups is 1. The summed E-state index contributed by atoms with van der Waals surface area (Å²) >= 11 is 0. The van der Waals surface area contributed by atoms with E-state index in [9.17, 15) is 4.79 Å². The SMILES string of the molecule is CCCN(OCc1ccc(N)cc1)C(=O)C1=Cc2ccc(-c3cncc(C#N)c3)cc2N=C(N)C1. The zero-order valence-electron chi connectivity index (χ0n) is 19.4. The molecule has 0 saturated carbocycles. The first-order valence-electron chi connectivity index (χ1n) is 11.3. The van der Waals surface area contributed by atoms with E-state index in [1.807, 2.05) is 43.3 Å². The molecule has 1 aliphatic rings. The lowest BCUT2D eigenvalue weighted by molar-refractivity contribution is -0.187. The molecule has 2 aromatic carbocycles. The quantitative estimate of drug-likeness (QED) is 0.393. The second kappa shape index (κ2) is 10.6. The molecule has 2 heterocycles. The van der Waals surface area contributed by atoms with Gasteiger partial charge in [0.2, 0.25) is 0 Å². The first-order chi connectivity index (χ1) is 17.0. The van der Waals surface area contributed by atoms with Gasteiger partial charge < -0.3 is 11.5 Å². The average Bonchev–Trinajstić information content (AvgIpc) is 3.04. The van der Waals surface area contributed by atoms with E-state index in [-0.39, 0.29) is 18.9 Å². The van der Waals surface area contributed by atoms with Crippen molar-refractivity contribution in [2.24, 2.45) is 10.7 Å². The maximum Gasteiger partial charge on any atom is 0.273 e. The van der Waals surface area contributed by atoms with Gasteiger partial charge in [0.1, 0.15) is 18.5 Å². The summed E-state index contributed by atoms with van der Waals surface area (Å²) in [6, 6.07) is 16.9. The fourth-order valence-corrected chi connectivity index (χ4v) is 3.72. The number of rotatable bonds is 7. The smallest absolute Gasteiger partial charge is 0.273 e. The first-order valence-corrected chi connectivity index (χ1v) is 11.3. The summed E-state index contributed by atoms with van der Waals surface area (Å²) in [4.78, 5) is 27.9. The molecule has 4 N–H and O–H groups in total. The molecule has 4 rings (SSSR count). The van der Waals surface area contributed by atoms with Gasteiger partial charge in [0.05, 0.1) is 11.3 Å². The van der Waals surface area contributed by atoms with Crippen LogP contribution in [-0.2, 0) is 16.2 Å². The van der Waals surface area contributed by atoms with Gasteiger partial charge in [0.15, 0.2) is 0 Å². The van der Waals surface area contributed by atoms with Gasteiger partial charge in [0, 0.05) is 47.7 Å². The summed E-state index contributed by atoms with van der Waals surface area (Å²) < 4.78 is 0. The number of hydrogen-bond acceptors (Lipinski definition) is 7. The third-order valence-corrected chi connectivity index (χ3v) is 5.49. The predicted octanol–water partition coefficient (Wildman–Crippen LogP) is 4.35. The summed E-state index contributed by atoms with van der Waals surface area (Å²) in [6.07, 6.45) is 5.96. The maximum atomic E-state index is 13.4. The van der Waals surface area contributed by atoms with Crippen molar-refractivity contribution >= 4 is 29.2 Å². The van der Waals surface area contributed by atoms with Crippen LogP contribution in [0.4, 0.5) is 11.4 Å². The molecule has 35 heavy (non-hydrogen) atoms. The van der Waals surface area contributed by atoms with E-state index < -0.39 is 0 Å². The molecule has 1 aromatic heterocycles. The molecule has 0 saturated heterocycles. The van der Waals surface area contributed by atoms with Crippen molar-refractivity contribution in [2.75, 3.05) is 12.3 Å². The highest BCUT2D eigenvalue weighted by Gasteiger charge is 2.22. The molecule has 0 radical (unpaired) electrons. The molecular formula is C27H26N6O2. The Morgan fingerprint density at radius 1 is 1.11 bits per heavy atom. The van der Waals surface area contributed by atoms with E-state index in [4.69, 9.17) is 21.6 Å². The van der Waals surface area contributed by atoms with Crippen molar-refractivity contribution < 1.29 is 9.63 Å². The number of carbonyl (C=O) groups excluding carboxylic acids is 1. The van der Waals surface area contributed by atoms with E-state index in [0.717, 1.165) is 28.7 Å². The number of hydrogen-bond donors (Lipinski definition) is 2. The molecule has 1 aliphatic heterocycles. The van der Waals surface area contributed by atoms with Crippen molar-refractivity contribution in [1.82, 2.24) is 10.0 Å². The van der Waals surface area contributed by atoms with Crippen LogP contribution in [0.25, 0.3) is 17.2 Å². The van der Waals surface area contributed by atoms with Gasteiger partial charge in [0.25, 0.3) is 5.91 Å². The fraction of sp³-hybridized carbons (Fsp3) is 0.185. The number of benzene rings is 2. The molecule has 3 aromatic rings. The minimum Gasteiger partial charge on any atom is -0.399 e. The highest BCUT2D eigenvalue weighted by molar-refractivity contribution is 6.05. The minimum absolute atomic E-state index is 0.208. The van der Waals surface area contributed by atoms with Gasteiger partial charge >= 0.3 is 0 Å². The van der Waals surface area contributed by atoms with Crippen molar-refractivity contribution in [2.45, 2.75) is 26.4 Å². The number of anilines is 1. The molecule has 1 amide bonds. The molecule has 8 nitrogen and oxygen atoms in total. The highest BCUT2D eigenvalue weighted by Crippen LogP contribution is 2.32. The number of aromatic nitrogens is 1. The number of hydroxylamine groups is 2. The molecule has 0 unspecified atom stereocenters. The van der Waals surface area contributed by atoms with Crippen molar-refractivity contribution in [3.63, 3.8) is 0 Å². The summed E-state index contributed by atoms with van der Waals surface area (Å²) in [6.45, 7) is 2.67. The molecule has 0 atom stereocenters. The highest BCUT2D eigenvalue weighted by atomic mass is 16.7. The Bertz CT molecular complexity index is 1340. The van der Waals surface area contributed by atoms with Crippen LogP contribution in [0.15, 0.2) is 71.5 Å². The average molecular weight is 467 g/mol. The molecule has 0 fully saturated rings. The van der Waals surface area contributed by atoms with Gasteiger partial charge in [-0.3, -0.25) is 14.6 Å². The Labute approximate surface area is 204 Å². The lowest BCUT2D eigenvalue weighted by atomic mass is 10.0. The summed E-state index contributed by atoms with van der Waals surface area (Å²) in [7, 11) is 0. The Kier molecular flexibility index (Phi) is 7.19. The zero-order valence-corrected chi connectivity index (χ0v) is 19.4. The second-order valence-electron chi connectivity index (χ2n) is 8.22. The van der Waals surface area contributed by atoms with Crippen LogP contribution in [0.2, 0.25) is 0 Å². The van der Waals surface area contributed by atoms with Crippen LogP contribution in [-0.4, -0.2) is 28.3 Å². The topological polar surface area (TPSA) is 131 Å². The molecule has 176 valence electrons. The third kappa shape index (κ3) is 5.72. The van der Waals surface area contributed by atoms with E-state index in [0.29, 0.717) is 34.9 Å². The number of nitrogens with two attached hydrogens (primary N) is 2. The Morgan fingerprint density at radius 3 is 2.66 bits per heavy atom. The lowest BCUT2D eigenvalue weighted by Crippen LogP contribution is -2.34. The molecule has 0 bridgehead atoms. The first kappa shape index (κ1) is 23.7. The van der Waals surface area contributed by atoms with Crippen molar-refractivity contribution in [3.8, 4) is 17.2 Å². The van der Waals surface area contributed by atoms with E-state index >= 15 is 0 Å². The Balaban J connectivity index is 1.59. The number of nitriles is 1. The normalized spacial score (nSPS) is 12.6. The zero-order chi connectivity index (χ0) is 24.8. The van der Waals surface area contributed by atoms with Crippen LogP contribution in [0.1, 0.15) is 36.5 Å². The summed E-state index contributed by atoms with van der Waals surface area (Å²) in [5, 5.41) is 10.5. The summed E-state index contributed by atoms with van der Waals surface area (Å²) in [5.41, 5.74) is 17.6. The Hall–Kier alpha value is -4.48. The molecule has 8 heteroatoms. The molecule has 0 spiro atoms. The van der Waals surface area contributed by atoms with Gasteiger partial charge in [-0.1, -0.05) is 31.2 Å². The monoisotopic (exact) mass is 466 g/mol. The predicted molar refractivity (Wildman–Crippen MR) is 136 cm³/mol. The Morgan fingerprint density at radius 2 is 1.91 bits per heavy atom. The lowest BCUT2D eigenvalue weighted by Gasteiger charge is -2.22. The van der Waals surface area contributed by atoms with Crippen LogP contribution in [0.5, 0.6) is 0 Å². The molecule has 0 aliphatic carbocycles. The number of amides is 1. The van der Waals surface area contributed by atoms with Crippen LogP contribution >= 0.6 is 0 Å². The second-order valence-corrected chi connectivity index (χ2v) is 8.22. The van der Waals surface area contributed by atoms with Gasteiger partial charge in [-0.05, 0) is 47.9 Å². The van der Waals surface area contributed by atoms with Gasteiger partial charge in [-0.2, -0.15) is 5.26 Å².